The molecule has 0 saturated carbocycles. The van der Waals surface area contributed by atoms with E-state index in [0.717, 1.165) is 16.5 Å². The van der Waals surface area contributed by atoms with Crippen molar-refractivity contribution in [2.45, 2.75) is 19.4 Å². The molecule has 0 aliphatic carbocycles. The summed E-state index contributed by atoms with van der Waals surface area (Å²) in [6, 6.07) is 1.88. The molecule has 1 heterocycles. The van der Waals surface area contributed by atoms with Crippen molar-refractivity contribution in [2.24, 2.45) is 0 Å². The molecule has 0 aliphatic heterocycles. The number of aliphatic hydroxyl groups excluding tert-OH is 1. The number of pyridine rings is 1. The number of aliphatic hydroxyl groups is 1. The van der Waals surface area contributed by atoms with E-state index in [2.05, 4.69) is 20.9 Å². The molecule has 0 amide bonds. The van der Waals surface area contributed by atoms with Crippen LogP contribution in [-0.2, 0) is 0 Å². The van der Waals surface area contributed by atoms with E-state index in [9.17, 15) is 5.11 Å². The molecule has 0 bridgehead atoms. The van der Waals surface area contributed by atoms with Gasteiger partial charge in [0, 0.05) is 16.9 Å². The highest BCUT2D eigenvalue weighted by molar-refractivity contribution is 9.10. The molecule has 0 saturated heterocycles. The predicted molar refractivity (Wildman–Crippen MR) is 47.2 cm³/mol. The lowest BCUT2D eigenvalue weighted by molar-refractivity contribution is 0.173. The van der Waals surface area contributed by atoms with Crippen molar-refractivity contribution < 1.29 is 5.11 Å². The predicted octanol–water partition coefficient (Wildman–Crippen LogP) is 2.29. The zero-order chi connectivity index (χ0) is 8.27. The maximum atomic E-state index is 9.39. The zero-order valence-electron chi connectivity index (χ0n) is 6.29. The lowest BCUT2D eigenvalue weighted by Crippen LogP contribution is -1.95. The van der Waals surface area contributed by atoms with Gasteiger partial charge in [0.15, 0.2) is 0 Å². The van der Waals surface area contributed by atoms with Crippen LogP contribution in [0.25, 0.3) is 0 Å². The molecule has 1 N–H and O–H groups in total. The first-order valence-electron chi connectivity index (χ1n) is 3.52. The molecule has 11 heavy (non-hydrogen) atoms. The Morgan fingerprint density at radius 3 is 2.91 bits per heavy atom. The summed E-state index contributed by atoms with van der Waals surface area (Å²) >= 11 is 3.29. The Kier molecular flexibility index (Phi) is 3.02. The molecule has 1 aromatic rings. The maximum Gasteiger partial charge on any atom is 0.0802 e. The van der Waals surface area contributed by atoms with Crippen LogP contribution in [0.5, 0.6) is 0 Å². The SMILES string of the molecule is CC[C@@H](O)c1cncc(Br)c1. The van der Waals surface area contributed by atoms with Gasteiger partial charge in [-0.15, -0.1) is 0 Å². The van der Waals surface area contributed by atoms with E-state index in [1.54, 1.807) is 12.4 Å². The Hall–Kier alpha value is -0.410. The van der Waals surface area contributed by atoms with Crippen molar-refractivity contribution in [2.75, 3.05) is 0 Å². The molecule has 1 rings (SSSR count). The van der Waals surface area contributed by atoms with E-state index in [1.807, 2.05) is 13.0 Å². The Morgan fingerprint density at radius 2 is 2.36 bits per heavy atom. The second-order valence-corrected chi connectivity index (χ2v) is 3.28. The largest absolute Gasteiger partial charge is 0.388 e. The first-order chi connectivity index (χ1) is 5.24. The fourth-order valence-corrected chi connectivity index (χ4v) is 1.23. The number of aromatic nitrogens is 1. The van der Waals surface area contributed by atoms with Gasteiger partial charge in [0.1, 0.15) is 0 Å². The van der Waals surface area contributed by atoms with Crippen LogP contribution in [-0.4, -0.2) is 10.1 Å². The highest BCUT2D eigenvalue weighted by Crippen LogP contribution is 2.18. The highest BCUT2D eigenvalue weighted by atomic mass is 79.9. The van der Waals surface area contributed by atoms with Gasteiger partial charge in [-0.3, -0.25) is 4.98 Å². The molecule has 0 radical (unpaired) electrons. The molecule has 0 fully saturated rings. The summed E-state index contributed by atoms with van der Waals surface area (Å²) in [5, 5.41) is 9.39. The van der Waals surface area contributed by atoms with Gasteiger partial charge in [0.2, 0.25) is 0 Å². The van der Waals surface area contributed by atoms with Gasteiger partial charge in [-0.1, -0.05) is 6.92 Å². The average Bonchev–Trinajstić information content (AvgIpc) is 2.03. The number of hydrogen-bond acceptors (Lipinski definition) is 2. The number of rotatable bonds is 2. The fourth-order valence-electron chi connectivity index (χ4n) is 0.846. The summed E-state index contributed by atoms with van der Waals surface area (Å²) in [7, 11) is 0. The van der Waals surface area contributed by atoms with E-state index in [4.69, 9.17) is 0 Å². The van der Waals surface area contributed by atoms with Crippen LogP contribution in [0.3, 0.4) is 0 Å². The Bertz CT molecular complexity index is 239. The summed E-state index contributed by atoms with van der Waals surface area (Å²) < 4.78 is 0.905. The van der Waals surface area contributed by atoms with Crippen molar-refractivity contribution in [3.05, 3.63) is 28.5 Å². The molecule has 2 nitrogen and oxygen atoms in total. The molecule has 1 aromatic heterocycles. The lowest BCUT2D eigenvalue weighted by atomic mass is 10.1. The minimum absolute atomic E-state index is 0.389. The van der Waals surface area contributed by atoms with Crippen LogP contribution in [0.4, 0.5) is 0 Å². The topological polar surface area (TPSA) is 33.1 Å². The third-order valence-corrected chi connectivity index (χ3v) is 1.93. The molecular weight excluding hydrogens is 206 g/mol. The molecule has 0 spiro atoms. The highest BCUT2D eigenvalue weighted by Gasteiger charge is 2.04. The van der Waals surface area contributed by atoms with Gasteiger partial charge in [0.05, 0.1) is 6.10 Å². The number of nitrogens with zero attached hydrogens (tertiary/aromatic N) is 1. The second kappa shape index (κ2) is 3.83. The van der Waals surface area contributed by atoms with Gasteiger partial charge < -0.3 is 5.11 Å². The van der Waals surface area contributed by atoms with E-state index in [-0.39, 0.29) is 6.10 Å². The van der Waals surface area contributed by atoms with Gasteiger partial charge in [-0.25, -0.2) is 0 Å². The Labute approximate surface area is 74.4 Å². The van der Waals surface area contributed by atoms with Crippen LogP contribution in [0.15, 0.2) is 22.9 Å². The maximum absolute atomic E-state index is 9.39. The molecule has 0 aromatic carbocycles. The second-order valence-electron chi connectivity index (χ2n) is 2.36. The molecule has 0 unspecified atom stereocenters. The Morgan fingerprint density at radius 1 is 1.64 bits per heavy atom. The molecule has 3 heteroatoms. The van der Waals surface area contributed by atoms with Gasteiger partial charge in [-0.05, 0) is 34.0 Å². The third-order valence-electron chi connectivity index (χ3n) is 1.50. The van der Waals surface area contributed by atoms with Crippen molar-refractivity contribution >= 4 is 15.9 Å². The number of hydrogen-bond donors (Lipinski definition) is 1. The average molecular weight is 216 g/mol. The van der Waals surface area contributed by atoms with Gasteiger partial charge >= 0.3 is 0 Å². The standard InChI is InChI=1S/C8H10BrNO/c1-2-8(11)6-3-7(9)5-10-4-6/h3-5,8,11H,2H2,1H3/t8-/m1/s1. The normalized spacial score (nSPS) is 13.0. The van der Waals surface area contributed by atoms with E-state index < -0.39 is 0 Å². The van der Waals surface area contributed by atoms with Crippen LogP contribution in [0, 0.1) is 0 Å². The number of halogens is 1. The summed E-state index contributed by atoms with van der Waals surface area (Å²) in [6.07, 6.45) is 3.71. The van der Waals surface area contributed by atoms with Crippen LogP contribution < -0.4 is 0 Å². The summed E-state index contributed by atoms with van der Waals surface area (Å²) in [5.74, 6) is 0. The van der Waals surface area contributed by atoms with Crippen molar-refractivity contribution in [1.29, 1.82) is 0 Å². The summed E-state index contributed by atoms with van der Waals surface area (Å²) in [5.41, 5.74) is 0.863. The minimum Gasteiger partial charge on any atom is -0.388 e. The third kappa shape index (κ3) is 2.27. The molecule has 60 valence electrons. The van der Waals surface area contributed by atoms with Crippen LogP contribution in [0.1, 0.15) is 25.0 Å². The lowest BCUT2D eigenvalue weighted by Gasteiger charge is -2.06. The van der Waals surface area contributed by atoms with E-state index in [0.29, 0.717) is 0 Å². The van der Waals surface area contributed by atoms with E-state index in [1.165, 1.54) is 0 Å². The summed E-state index contributed by atoms with van der Waals surface area (Å²) in [6.45, 7) is 1.94. The smallest absolute Gasteiger partial charge is 0.0802 e. The molecule has 1 atom stereocenters. The first kappa shape index (κ1) is 8.68. The van der Waals surface area contributed by atoms with Crippen molar-refractivity contribution in [1.82, 2.24) is 4.98 Å². The quantitative estimate of drug-likeness (QED) is 0.822. The molecular formula is C8H10BrNO. The van der Waals surface area contributed by atoms with Crippen LogP contribution >= 0.6 is 15.9 Å². The van der Waals surface area contributed by atoms with Gasteiger partial charge in [-0.2, -0.15) is 0 Å². The monoisotopic (exact) mass is 215 g/mol. The van der Waals surface area contributed by atoms with Gasteiger partial charge in [0.25, 0.3) is 0 Å². The van der Waals surface area contributed by atoms with E-state index >= 15 is 0 Å². The first-order valence-corrected chi connectivity index (χ1v) is 4.32. The fraction of sp³-hybridized carbons (Fsp3) is 0.375. The van der Waals surface area contributed by atoms with Crippen LogP contribution in [0.2, 0.25) is 0 Å². The Balaban J connectivity index is 2.86. The summed E-state index contributed by atoms with van der Waals surface area (Å²) in [4.78, 5) is 3.95. The van der Waals surface area contributed by atoms with Crippen molar-refractivity contribution in [3.8, 4) is 0 Å². The molecule has 0 aliphatic rings. The zero-order valence-corrected chi connectivity index (χ0v) is 7.87. The van der Waals surface area contributed by atoms with Crippen molar-refractivity contribution in [3.63, 3.8) is 0 Å². The minimum atomic E-state index is -0.389.